The summed E-state index contributed by atoms with van der Waals surface area (Å²) in [5, 5.41) is 19.2. The van der Waals surface area contributed by atoms with Gasteiger partial charge >= 0.3 is 5.97 Å². The van der Waals surface area contributed by atoms with Crippen molar-refractivity contribution in [3.8, 4) is 5.75 Å². The SMILES string of the molecule is Cc1cccc(CC(OCc2ccccc2)c2ccc(C(=O)O)c(O)c2)c1. The van der Waals surface area contributed by atoms with Gasteiger partial charge in [-0.1, -0.05) is 66.2 Å². The highest BCUT2D eigenvalue weighted by Crippen LogP contribution is 2.29. The Balaban J connectivity index is 1.86. The van der Waals surface area contributed by atoms with Crippen LogP contribution in [0, 0.1) is 6.92 Å². The number of carbonyl (C=O) groups is 1. The number of aromatic hydroxyl groups is 1. The summed E-state index contributed by atoms with van der Waals surface area (Å²) in [6.07, 6.45) is 0.321. The quantitative estimate of drug-likeness (QED) is 0.627. The molecule has 0 radical (unpaired) electrons. The summed E-state index contributed by atoms with van der Waals surface area (Å²) in [5.41, 5.74) is 3.97. The van der Waals surface area contributed by atoms with Crippen molar-refractivity contribution >= 4 is 5.97 Å². The van der Waals surface area contributed by atoms with Crippen molar-refractivity contribution in [3.05, 3.63) is 101 Å². The van der Waals surface area contributed by atoms with Crippen molar-refractivity contribution in [1.29, 1.82) is 0 Å². The molecule has 0 aromatic heterocycles. The molecule has 0 amide bonds. The number of phenols is 1. The van der Waals surface area contributed by atoms with Gasteiger partial charge in [-0.2, -0.15) is 0 Å². The summed E-state index contributed by atoms with van der Waals surface area (Å²) in [4.78, 5) is 11.2. The molecular formula is C23H22O4. The topological polar surface area (TPSA) is 66.8 Å². The molecule has 0 bridgehead atoms. The van der Waals surface area contributed by atoms with Gasteiger partial charge in [0.1, 0.15) is 11.3 Å². The van der Waals surface area contributed by atoms with Crippen LogP contribution >= 0.6 is 0 Å². The van der Waals surface area contributed by atoms with E-state index in [2.05, 4.69) is 6.07 Å². The molecular weight excluding hydrogens is 340 g/mol. The lowest BCUT2D eigenvalue weighted by Gasteiger charge is -2.20. The molecule has 0 saturated heterocycles. The maximum absolute atomic E-state index is 11.2. The Bertz CT molecular complexity index is 919. The van der Waals surface area contributed by atoms with E-state index in [4.69, 9.17) is 9.84 Å². The Hall–Kier alpha value is -3.11. The maximum atomic E-state index is 11.2. The van der Waals surface area contributed by atoms with Crippen molar-refractivity contribution in [1.82, 2.24) is 0 Å². The molecule has 3 rings (SSSR count). The number of carboxylic acid groups (broad SMARTS) is 1. The lowest BCUT2D eigenvalue weighted by atomic mass is 9.98. The van der Waals surface area contributed by atoms with Gasteiger partial charge in [-0.15, -0.1) is 0 Å². The highest BCUT2D eigenvalue weighted by molar-refractivity contribution is 5.90. The Morgan fingerprint density at radius 3 is 2.37 bits per heavy atom. The Kier molecular flexibility index (Phi) is 5.89. The molecule has 138 valence electrons. The zero-order valence-corrected chi connectivity index (χ0v) is 15.1. The van der Waals surface area contributed by atoms with E-state index in [9.17, 15) is 9.90 Å². The van der Waals surface area contributed by atoms with Gasteiger partial charge in [-0.3, -0.25) is 0 Å². The lowest BCUT2D eigenvalue weighted by Crippen LogP contribution is -2.09. The van der Waals surface area contributed by atoms with Crippen molar-refractivity contribution < 1.29 is 19.7 Å². The van der Waals surface area contributed by atoms with Crippen LogP contribution in [0.25, 0.3) is 0 Å². The summed E-state index contributed by atoms with van der Waals surface area (Å²) in [6, 6.07) is 22.7. The van der Waals surface area contributed by atoms with Crippen molar-refractivity contribution in [2.24, 2.45) is 0 Å². The molecule has 4 nitrogen and oxygen atoms in total. The third-order valence-electron chi connectivity index (χ3n) is 4.42. The first-order valence-corrected chi connectivity index (χ1v) is 8.80. The first-order chi connectivity index (χ1) is 13.0. The first-order valence-electron chi connectivity index (χ1n) is 8.80. The third-order valence-corrected chi connectivity index (χ3v) is 4.42. The smallest absolute Gasteiger partial charge is 0.339 e. The van der Waals surface area contributed by atoms with Crippen LogP contribution in [-0.4, -0.2) is 16.2 Å². The van der Waals surface area contributed by atoms with Crippen LogP contribution in [0.1, 0.15) is 38.7 Å². The first kappa shape index (κ1) is 18.7. The van der Waals surface area contributed by atoms with E-state index in [1.807, 2.05) is 55.5 Å². The normalized spacial score (nSPS) is 11.9. The second-order valence-corrected chi connectivity index (χ2v) is 6.56. The monoisotopic (exact) mass is 362 g/mol. The Labute approximate surface area is 158 Å². The zero-order chi connectivity index (χ0) is 19.2. The molecule has 3 aromatic rings. The average molecular weight is 362 g/mol. The second-order valence-electron chi connectivity index (χ2n) is 6.56. The van der Waals surface area contributed by atoms with E-state index in [1.165, 1.54) is 17.7 Å². The molecule has 3 aromatic carbocycles. The largest absolute Gasteiger partial charge is 0.507 e. The maximum Gasteiger partial charge on any atom is 0.339 e. The van der Waals surface area contributed by atoms with Gasteiger partial charge < -0.3 is 14.9 Å². The number of hydrogen-bond acceptors (Lipinski definition) is 3. The zero-order valence-electron chi connectivity index (χ0n) is 15.1. The van der Waals surface area contributed by atoms with Crippen LogP contribution < -0.4 is 0 Å². The molecule has 0 heterocycles. The lowest BCUT2D eigenvalue weighted by molar-refractivity contribution is 0.0397. The van der Waals surface area contributed by atoms with Gasteiger partial charge in [-0.05, 0) is 35.7 Å². The number of aromatic carboxylic acids is 1. The number of aryl methyl sites for hydroxylation is 1. The number of rotatable bonds is 7. The minimum Gasteiger partial charge on any atom is -0.507 e. The third kappa shape index (κ3) is 4.96. The fourth-order valence-electron chi connectivity index (χ4n) is 3.03. The van der Waals surface area contributed by atoms with Crippen molar-refractivity contribution in [2.45, 2.75) is 26.1 Å². The molecule has 27 heavy (non-hydrogen) atoms. The van der Waals surface area contributed by atoms with Gasteiger partial charge in [0.2, 0.25) is 0 Å². The van der Waals surface area contributed by atoms with Gasteiger partial charge in [-0.25, -0.2) is 4.79 Å². The predicted molar refractivity (Wildman–Crippen MR) is 104 cm³/mol. The van der Waals surface area contributed by atoms with Crippen LogP contribution in [0.15, 0.2) is 72.8 Å². The molecule has 0 saturated carbocycles. The molecule has 0 aliphatic carbocycles. The van der Waals surface area contributed by atoms with Gasteiger partial charge in [0.05, 0.1) is 12.7 Å². The molecule has 1 unspecified atom stereocenters. The van der Waals surface area contributed by atoms with Crippen molar-refractivity contribution in [2.75, 3.05) is 0 Å². The van der Waals surface area contributed by atoms with Gasteiger partial charge in [0.15, 0.2) is 0 Å². The van der Waals surface area contributed by atoms with E-state index in [0.29, 0.717) is 13.0 Å². The average Bonchev–Trinajstić information content (AvgIpc) is 2.65. The van der Waals surface area contributed by atoms with Crippen LogP contribution in [0.2, 0.25) is 0 Å². The summed E-state index contributed by atoms with van der Waals surface area (Å²) < 4.78 is 6.15. The Morgan fingerprint density at radius 2 is 1.70 bits per heavy atom. The van der Waals surface area contributed by atoms with Crippen LogP contribution in [-0.2, 0) is 17.8 Å². The standard InChI is InChI=1S/C23H22O4/c1-16-6-5-9-18(12-16)13-22(27-15-17-7-3-2-4-8-17)19-10-11-20(23(25)26)21(24)14-19/h2-12,14,22,24H,13,15H2,1H3,(H,25,26). The minimum absolute atomic E-state index is 0.115. The number of carboxylic acids is 1. The summed E-state index contributed by atoms with van der Waals surface area (Å²) in [5.74, 6) is -1.41. The summed E-state index contributed by atoms with van der Waals surface area (Å²) in [7, 11) is 0. The predicted octanol–water partition coefficient (Wildman–Crippen LogP) is 4.90. The molecule has 0 aliphatic rings. The molecule has 0 spiro atoms. The molecule has 4 heteroatoms. The van der Waals surface area contributed by atoms with Crippen LogP contribution in [0.3, 0.4) is 0 Å². The summed E-state index contributed by atoms with van der Waals surface area (Å²) >= 11 is 0. The van der Waals surface area contributed by atoms with Gasteiger partial charge in [0.25, 0.3) is 0 Å². The van der Waals surface area contributed by atoms with Crippen molar-refractivity contribution in [3.63, 3.8) is 0 Å². The van der Waals surface area contributed by atoms with E-state index in [1.54, 1.807) is 6.07 Å². The van der Waals surface area contributed by atoms with E-state index >= 15 is 0 Å². The van der Waals surface area contributed by atoms with Crippen LogP contribution in [0.4, 0.5) is 0 Å². The van der Waals surface area contributed by atoms with Gasteiger partial charge in [0, 0.05) is 6.42 Å². The number of ether oxygens (including phenoxy) is 1. The minimum atomic E-state index is -1.15. The Morgan fingerprint density at radius 1 is 0.963 bits per heavy atom. The fourth-order valence-corrected chi connectivity index (χ4v) is 3.03. The van der Waals surface area contributed by atoms with Crippen LogP contribution in [0.5, 0.6) is 5.75 Å². The molecule has 0 fully saturated rings. The molecule has 0 aliphatic heterocycles. The van der Waals surface area contributed by atoms with E-state index in [0.717, 1.165) is 16.7 Å². The summed E-state index contributed by atoms with van der Waals surface area (Å²) in [6.45, 7) is 2.47. The number of benzene rings is 3. The molecule has 1 atom stereocenters. The number of hydrogen-bond donors (Lipinski definition) is 2. The second kappa shape index (κ2) is 8.52. The highest BCUT2D eigenvalue weighted by Gasteiger charge is 2.17. The van der Waals surface area contributed by atoms with E-state index < -0.39 is 5.97 Å². The fraction of sp³-hybridized carbons (Fsp3) is 0.174. The molecule has 2 N–H and O–H groups in total. The van der Waals surface area contributed by atoms with E-state index in [-0.39, 0.29) is 17.4 Å². The highest BCUT2D eigenvalue weighted by atomic mass is 16.5.